The summed E-state index contributed by atoms with van der Waals surface area (Å²) in [5.41, 5.74) is 0.904. The van der Waals surface area contributed by atoms with Gasteiger partial charge < -0.3 is 14.2 Å². The fourth-order valence-corrected chi connectivity index (χ4v) is 4.28. The lowest BCUT2D eigenvalue weighted by Crippen LogP contribution is -2.62. The zero-order valence-corrected chi connectivity index (χ0v) is 14.5. The van der Waals surface area contributed by atoms with Gasteiger partial charge in [-0.05, 0) is 19.4 Å². The monoisotopic (exact) mass is 329 g/mol. The number of rotatable bonds is 3. The van der Waals surface area contributed by atoms with E-state index in [1.54, 1.807) is 24.8 Å². The lowest BCUT2D eigenvalue weighted by atomic mass is 9.92. The molecule has 0 N–H and O–H groups in total. The molecule has 23 heavy (non-hydrogen) atoms. The summed E-state index contributed by atoms with van der Waals surface area (Å²) in [6.07, 6.45) is 5.42. The minimum absolute atomic E-state index is 0.367. The van der Waals surface area contributed by atoms with E-state index in [-0.39, 0.29) is 5.60 Å². The van der Waals surface area contributed by atoms with Crippen LogP contribution >= 0.6 is 11.3 Å². The van der Waals surface area contributed by atoms with Crippen molar-refractivity contribution in [3.05, 3.63) is 35.0 Å². The Hall–Kier alpha value is -1.99. The molecule has 7 heteroatoms. The second kappa shape index (κ2) is 5.01. The molecule has 0 radical (unpaired) electrons. The molecular formula is C16H19N5OS. The summed E-state index contributed by atoms with van der Waals surface area (Å²) in [4.78, 5) is 18.0. The van der Waals surface area contributed by atoms with E-state index < -0.39 is 0 Å². The van der Waals surface area contributed by atoms with Crippen molar-refractivity contribution in [3.8, 4) is 0 Å². The van der Waals surface area contributed by atoms with Crippen LogP contribution in [0.1, 0.15) is 16.3 Å². The molecule has 1 aliphatic heterocycles. The highest BCUT2D eigenvalue weighted by Crippen LogP contribution is 2.41. The number of methoxy groups -OCH3 is 1. The fraction of sp³-hybridized carbons (Fsp3) is 0.438. The first-order valence-corrected chi connectivity index (χ1v) is 8.36. The Morgan fingerprint density at radius 2 is 2.00 bits per heavy atom. The Balaban J connectivity index is 1.72. The Bertz CT molecular complexity index is 878. The molecule has 3 aromatic rings. The zero-order valence-electron chi connectivity index (χ0n) is 13.7. The Kier molecular flexibility index (Phi) is 3.18. The van der Waals surface area contributed by atoms with Crippen LogP contribution in [0, 0.1) is 13.8 Å². The van der Waals surface area contributed by atoms with Crippen LogP contribution in [-0.4, -0.2) is 39.7 Å². The van der Waals surface area contributed by atoms with Crippen LogP contribution in [0.15, 0.2) is 18.7 Å². The number of fused-ring (bicyclic) bond motifs is 1. The van der Waals surface area contributed by atoms with Gasteiger partial charge in [0.1, 0.15) is 22.8 Å². The van der Waals surface area contributed by atoms with Gasteiger partial charge in [0, 0.05) is 31.4 Å². The fourth-order valence-electron chi connectivity index (χ4n) is 3.29. The molecule has 0 aliphatic carbocycles. The average Bonchev–Trinajstić information content (AvgIpc) is 3.04. The molecule has 0 bridgehead atoms. The van der Waals surface area contributed by atoms with Gasteiger partial charge in [-0.15, -0.1) is 11.3 Å². The number of aryl methyl sites for hydroxylation is 3. The number of hydrogen-bond donors (Lipinski definition) is 0. The van der Waals surface area contributed by atoms with Crippen molar-refractivity contribution in [3.63, 3.8) is 0 Å². The summed E-state index contributed by atoms with van der Waals surface area (Å²) < 4.78 is 7.86. The van der Waals surface area contributed by atoms with E-state index in [2.05, 4.69) is 33.7 Å². The maximum absolute atomic E-state index is 5.83. The number of anilines is 1. The van der Waals surface area contributed by atoms with Crippen molar-refractivity contribution >= 4 is 27.4 Å². The van der Waals surface area contributed by atoms with E-state index >= 15 is 0 Å². The van der Waals surface area contributed by atoms with E-state index in [4.69, 9.17) is 4.74 Å². The molecule has 4 heterocycles. The van der Waals surface area contributed by atoms with Gasteiger partial charge in [-0.1, -0.05) is 0 Å². The van der Waals surface area contributed by atoms with Gasteiger partial charge in [0.05, 0.1) is 18.5 Å². The van der Waals surface area contributed by atoms with E-state index in [1.807, 2.05) is 24.0 Å². The van der Waals surface area contributed by atoms with Crippen LogP contribution in [-0.2, 0) is 17.4 Å². The van der Waals surface area contributed by atoms with E-state index in [0.29, 0.717) is 0 Å². The molecule has 4 rings (SSSR count). The van der Waals surface area contributed by atoms with Crippen molar-refractivity contribution in [2.24, 2.45) is 7.05 Å². The quantitative estimate of drug-likeness (QED) is 0.738. The van der Waals surface area contributed by atoms with Gasteiger partial charge in [0.2, 0.25) is 0 Å². The first kappa shape index (κ1) is 14.6. The van der Waals surface area contributed by atoms with Crippen LogP contribution in [0.3, 0.4) is 0 Å². The minimum atomic E-state index is -0.367. The molecule has 3 aromatic heterocycles. The predicted molar refractivity (Wildman–Crippen MR) is 91.0 cm³/mol. The summed E-state index contributed by atoms with van der Waals surface area (Å²) in [5.74, 6) is 1.96. The Morgan fingerprint density at radius 3 is 2.65 bits per heavy atom. The van der Waals surface area contributed by atoms with Gasteiger partial charge in [-0.2, -0.15) is 0 Å². The summed E-state index contributed by atoms with van der Waals surface area (Å²) in [5, 5.41) is 1.17. The van der Waals surface area contributed by atoms with Crippen LogP contribution in [0.5, 0.6) is 0 Å². The normalized spacial score (nSPS) is 16.8. The molecule has 120 valence electrons. The average molecular weight is 329 g/mol. The first-order valence-electron chi connectivity index (χ1n) is 7.54. The molecule has 0 unspecified atom stereocenters. The largest absolute Gasteiger partial charge is 0.367 e. The molecule has 6 nitrogen and oxygen atoms in total. The molecule has 0 saturated carbocycles. The molecule has 1 saturated heterocycles. The summed E-state index contributed by atoms with van der Waals surface area (Å²) >= 11 is 1.73. The van der Waals surface area contributed by atoms with Crippen LogP contribution in [0.4, 0.5) is 5.82 Å². The number of aromatic nitrogens is 4. The highest BCUT2D eigenvalue weighted by molar-refractivity contribution is 7.18. The van der Waals surface area contributed by atoms with Gasteiger partial charge >= 0.3 is 0 Å². The second-order valence-corrected chi connectivity index (χ2v) is 7.28. The molecule has 1 aliphatic rings. The van der Waals surface area contributed by atoms with Gasteiger partial charge in [-0.25, -0.2) is 15.0 Å². The topological polar surface area (TPSA) is 56.1 Å². The second-order valence-electron chi connectivity index (χ2n) is 6.08. The van der Waals surface area contributed by atoms with Crippen LogP contribution in [0.2, 0.25) is 0 Å². The van der Waals surface area contributed by atoms with Crippen LogP contribution < -0.4 is 4.90 Å². The number of ether oxygens (including phenoxy) is 1. The maximum atomic E-state index is 5.83. The lowest BCUT2D eigenvalue weighted by Gasteiger charge is -2.48. The smallest absolute Gasteiger partial charge is 0.160 e. The molecule has 1 fully saturated rings. The third-order valence-corrected chi connectivity index (χ3v) is 5.87. The Morgan fingerprint density at radius 1 is 1.22 bits per heavy atom. The number of nitrogens with zero attached hydrogens (tertiary/aromatic N) is 5. The van der Waals surface area contributed by atoms with Gasteiger partial charge in [0.15, 0.2) is 5.60 Å². The predicted octanol–water partition coefficient (Wildman–Crippen LogP) is 2.40. The third kappa shape index (κ3) is 2.00. The van der Waals surface area contributed by atoms with E-state index in [9.17, 15) is 0 Å². The number of hydrogen-bond acceptors (Lipinski definition) is 6. The first-order chi connectivity index (χ1) is 11.1. The van der Waals surface area contributed by atoms with Crippen molar-refractivity contribution in [1.82, 2.24) is 19.5 Å². The van der Waals surface area contributed by atoms with Gasteiger partial charge in [0.25, 0.3) is 0 Å². The molecule has 0 aromatic carbocycles. The molecule has 0 spiro atoms. The highest BCUT2D eigenvalue weighted by Gasteiger charge is 2.48. The molecule has 0 atom stereocenters. The lowest BCUT2D eigenvalue weighted by molar-refractivity contribution is -0.0474. The maximum Gasteiger partial charge on any atom is 0.160 e. The number of imidazole rings is 1. The SMILES string of the molecule is COC1(c2nccn2C)CN(c2ncnc3sc(C)c(C)c23)C1. The zero-order chi connectivity index (χ0) is 16.2. The minimum Gasteiger partial charge on any atom is -0.367 e. The summed E-state index contributed by atoms with van der Waals surface area (Å²) in [6, 6.07) is 0. The van der Waals surface area contributed by atoms with Crippen LogP contribution in [0.25, 0.3) is 10.2 Å². The summed E-state index contributed by atoms with van der Waals surface area (Å²) in [7, 11) is 3.75. The number of thiophene rings is 1. The van der Waals surface area contributed by atoms with Crippen molar-refractivity contribution in [1.29, 1.82) is 0 Å². The van der Waals surface area contributed by atoms with Gasteiger partial charge in [-0.3, -0.25) is 0 Å². The summed E-state index contributed by atoms with van der Waals surface area (Å²) in [6.45, 7) is 5.77. The molecular weight excluding hydrogens is 310 g/mol. The van der Waals surface area contributed by atoms with Crippen molar-refractivity contribution in [2.45, 2.75) is 19.4 Å². The Labute approximate surface area is 138 Å². The third-order valence-electron chi connectivity index (χ3n) is 4.76. The van der Waals surface area contributed by atoms with E-state index in [0.717, 1.165) is 29.6 Å². The van der Waals surface area contributed by atoms with E-state index in [1.165, 1.54) is 15.8 Å². The van der Waals surface area contributed by atoms with Crippen molar-refractivity contribution in [2.75, 3.05) is 25.1 Å². The standard InChI is InChI=1S/C16H19N5OS/c1-10-11(2)23-14-12(10)13(18-9-19-14)21-7-16(8-21,22-4)15-17-5-6-20(15)3/h5-6,9H,7-8H2,1-4H3. The van der Waals surface area contributed by atoms with Crippen molar-refractivity contribution < 1.29 is 4.74 Å². The highest BCUT2D eigenvalue weighted by atomic mass is 32.1. The molecule has 0 amide bonds.